The molecule has 0 saturated heterocycles. The molecule has 0 saturated carbocycles. The van der Waals surface area contributed by atoms with E-state index in [1.165, 1.54) is 6.07 Å². The summed E-state index contributed by atoms with van der Waals surface area (Å²) in [7, 11) is 0. The van der Waals surface area contributed by atoms with Crippen molar-refractivity contribution < 1.29 is 8.91 Å². The van der Waals surface area contributed by atoms with Crippen LogP contribution >= 0.6 is 11.6 Å². The maximum Gasteiger partial charge on any atom is 0.225 e. The van der Waals surface area contributed by atoms with E-state index in [1.807, 2.05) is 0 Å². The van der Waals surface area contributed by atoms with Gasteiger partial charge >= 0.3 is 0 Å². The van der Waals surface area contributed by atoms with Crippen molar-refractivity contribution >= 4 is 17.5 Å². The van der Waals surface area contributed by atoms with Gasteiger partial charge in [-0.2, -0.15) is 0 Å². The van der Waals surface area contributed by atoms with Crippen LogP contribution in [0.5, 0.6) is 0 Å². The first-order valence-corrected chi connectivity index (χ1v) is 4.64. The Morgan fingerprint density at radius 3 is 2.73 bits per heavy atom. The van der Waals surface area contributed by atoms with Gasteiger partial charge < -0.3 is 10.3 Å². The molecule has 5 heteroatoms. The second-order valence-electron chi connectivity index (χ2n) is 3.14. The van der Waals surface area contributed by atoms with E-state index in [1.54, 1.807) is 19.1 Å². The van der Waals surface area contributed by atoms with E-state index in [0.29, 0.717) is 21.8 Å². The Hall–Kier alpha value is -1.55. The number of nitrogen functional groups attached to an aromatic ring is 1. The molecule has 78 valence electrons. The summed E-state index contributed by atoms with van der Waals surface area (Å²) in [5.74, 6) is -0.252. The van der Waals surface area contributed by atoms with Gasteiger partial charge in [-0.15, -0.1) is 0 Å². The van der Waals surface area contributed by atoms with Gasteiger partial charge in [-0.3, -0.25) is 0 Å². The monoisotopic (exact) mass is 226 g/mol. The van der Waals surface area contributed by atoms with Crippen LogP contribution < -0.4 is 5.73 Å². The molecule has 2 rings (SSSR count). The molecule has 1 heterocycles. The molecule has 0 amide bonds. The lowest BCUT2D eigenvalue weighted by Crippen LogP contribution is -1.88. The first-order valence-electron chi connectivity index (χ1n) is 4.26. The largest absolute Gasteiger partial charge is 0.367 e. The average Bonchev–Trinajstić information content (AvgIpc) is 2.49. The topological polar surface area (TPSA) is 52.0 Å². The van der Waals surface area contributed by atoms with Crippen molar-refractivity contribution in [1.82, 2.24) is 5.16 Å². The zero-order valence-corrected chi connectivity index (χ0v) is 8.68. The molecule has 0 unspecified atom stereocenters. The van der Waals surface area contributed by atoms with Gasteiger partial charge in [0.1, 0.15) is 11.5 Å². The maximum absolute atomic E-state index is 13.5. The van der Waals surface area contributed by atoms with E-state index in [9.17, 15) is 4.39 Å². The zero-order valence-electron chi connectivity index (χ0n) is 7.92. The Morgan fingerprint density at radius 2 is 2.20 bits per heavy atom. The van der Waals surface area contributed by atoms with Gasteiger partial charge in [-0.1, -0.05) is 16.8 Å². The van der Waals surface area contributed by atoms with E-state index in [4.69, 9.17) is 21.9 Å². The molecule has 0 spiro atoms. The second-order valence-corrected chi connectivity index (χ2v) is 3.58. The third-order valence-corrected chi connectivity index (χ3v) is 2.38. The summed E-state index contributed by atoms with van der Waals surface area (Å²) in [4.78, 5) is 0. The van der Waals surface area contributed by atoms with Crippen LogP contribution in [0.1, 0.15) is 5.56 Å². The molecule has 0 bridgehead atoms. The molecule has 1 aromatic heterocycles. The minimum atomic E-state index is -0.445. The quantitative estimate of drug-likeness (QED) is 0.813. The van der Waals surface area contributed by atoms with Crippen LogP contribution in [0.15, 0.2) is 22.7 Å². The number of hydrogen-bond acceptors (Lipinski definition) is 3. The van der Waals surface area contributed by atoms with Crippen molar-refractivity contribution in [3.05, 3.63) is 34.6 Å². The third-order valence-electron chi connectivity index (χ3n) is 2.15. The Morgan fingerprint density at radius 1 is 1.47 bits per heavy atom. The van der Waals surface area contributed by atoms with Crippen molar-refractivity contribution in [3.8, 4) is 11.3 Å². The molecular weight excluding hydrogens is 219 g/mol. The molecule has 0 aliphatic carbocycles. The van der Waals surface area contributed by atoms with Gasteiger partial charge in [-0.05, 0) is 25.1 Å². The molecule has 1 aromatic carbocycles. The van der Waals surface area contributed by atoms with Crippen molar-refractivity contribution in [2.75, 3.05) is 5.73 Å². The number of anilines is 1. The van der Waals surface area contributed by atoms with Crippen LogP contribution in [-0.2, 0) is 0 Å². The Balaban J connectivity index is 2.59. The number of nitrogens with two attached hydrogens (primary N) is 1. The van der Waals surface area contributed by atoms with Crippen LogP contribution in [0.25, 0.3) is 11.3 Å². The fourth-order valence-electron chi connectivity index (χ4n) is 1.28. The Kier molecular flexibility index (Phi) is 2.36. The number of benzene rings is 1. The summed E-state index contributed by atoms with van der Waals surface area (Å²) >= 11 is 5.64. The van der Waals surface area contributed by atoms with E-state index < -0.39 is 5.82 Å². The minimum absolute atomic E-state index is 0.194. The summed E-state index contributed by atoms with van der Waals surface area (Å²) in [6.07, 6.45) is 0. The molecule has 0 aliphatic heterocycles. The summed E-state index contributed by atoms with van der Waals surface area (Å²) in [6.45, 7) is 1.72. The molecule has 0 radical (unpaired) electrons. The third kappa shape index (κ3) is 1.68. The zero-order chi connectivity index (χ0) is 11.0. The number of nitrogens with zero attached hydrogens (tertiary/aromatic N) is 1. The molecule has 3 nitrogen and oxygen atoms in total. The number of halogens is 2. The van der Waals surface area contributed by atoms with E-state index >= 15 is 0 Å². The smallest absolute Gasteiger partial charge is 0.225 e. The SMILES string of the molecule is Cc1c(-c2ccc(Cl)cc2F)noc1N. The Labute approximate surface area is 90.6 Å². The number of rotatable bonds is 1. The van der Waals surface area contributed by atoms with Crippen LogP contribution in [-0.4, -0.2) is 5.16 Å². The molecule has 0 fully saturated rings. The second kappa shape index (κ2) is 3.55. The standard InChI is InChI=1S/C10H8ClFN2O/c1-5-9(14-15-10(5)13)7-3-2-6(11)4-8(7)12/h2-4H,13H2,1H3. The molecule has 0 atom stereocenters. The highest BCUT2D eigenvalue weighted by molar-refractivity contribution is 6.30. The highest BCUT2D eigenvalue weighted by Gasteiger charge is 2.14. The lowest BCUT2D eigenvalue weighted by Gasteiger charge is -2.00. The highest BCUT2D eigenvalue weighted by atomic mass is 35.5. The highest BCUT2D eigenvalue weighted by Crippen LogP contribution is 2.29. The van der Waals surface area contributed by atoms with Crippen molar-refractivity contribution in [2.45, 2.75) is 6.92 Å². The Bertz CT molecular complexity index is 510. The fourth-order valence-corrected chi connectivity index (χ4v) is 1.44. The predicted octanol–water partition coefficient (Wildman–Crippen LogP) is 3.02. The van der Waals surface area contributed by atoms with Crippen LogP contribution in [0, 0.1) is 12.7 Å². The summed E-state index contributed by atoms with van der Waals surface area (Å²) in [6, 6.07) is 4.35. The van der Waals surface area contributed by atoms with Gasteiger partial charge in [0.25, 0.3) is 0 Å². The molecule has 0 aliphatic rings. The first-order chi connectivity index (χ1) is 7.09. The van der Waals surface area contributed by atoms with Gasteiger partial charge in [-0.25, -0.2) is 4.39 Å². The first kappa shape index (κ1) is 9.98. The normalized spacial score (nSPS) is 10.6. The van der Waals surface area contributed by atoms with Gasteiger partial charge in [0.2, 0.25) is 5.88 Å². The van der Waals surface area contributed by atoms with E-state index in [2.05, 4.69) is 5.16 Å². The molecule has 2 aromatic rings. The van der Waals surface area contributed by atoms with Crippen LogP contribution in [0.2, 0.25) is 5.02 Å². The van der Waals surface area contributed by atoms with Gasteiger partial charge in [0.15, 0.2) is 0 Å². The number of aromatic nitrogens is 1. The van der Waals surface area contributed by atoms with E-state index in [-0.39, 0.29) is 5.88 Å². The summed E-state index contributed by atoms with van der Waals surface area (Å²) in [5.41, 5.74) is 6.84. The molecule has 2 N–H and O–H groups in total. The molecular formula is C10H8ClFN2O. The van der Waals surface area contributed by atoms with Gasteiger partial charge in [0.05, 0.1) is 0 Å². The lowest BCUT2D eigenvalue weighted by atomic mass is 10.1. The maximum atomic E-state index is 13.5. The average molecular weight is 227 g/mol. The summed E-state index contributed by atoms with van der Waals surface area (Å²) < 4.78 is 18.3. The van der Waals surface area contributed by atoms with Crippen molar-refractivity contribution in [3.63, 3.8) is 0 Å². The fraction of sp³-hybridized carbons (Fsp3) is 0.100. The van der Waals surface area contributed by atoms with Crippen molar-refractivity contribution in [2.24, 2.45) is 0 Å². The molecule has 15 heavy (non-hydrogen) atoms. The van der Waals surface area contributed by atoms with Gasteiger partial charge in [0, 0.05) is 16.1 Å². The number of hydrogen-bond donors (Lipinski definition) is 1. The predicted molar refractivity (Wildman–Crippen MR) is 56.1 cm³/mol. The lowest BCUT2D eigenvalue weighted by molar-refractivity contribution is 0.438. The minimum Gasteiger partial charge on any atom is -0.367 e. The summed E-state index contributed by atoms with van der Waals surface area (Å²) in [5, 5.41) is 4.03. The van der Waals surface area contributed by atoms with Crippen LogP contribution in [0.3, 0.4) is 0 Å². The van der Waals surface area contributed by atoms with Crippen LogP contribution in [0.4, 0.5) is 10.3 Å². The van der Waals surface area contributed by atoms with Crippen molar-refractivity contribution in [1.29, 1.82) is 0 Å². The van der Waals surface area contributed by atoms with E-state index in [0.717, 1.165) is 0 Å².